The van der Waals surface area contributed by atoms with Crippen molar-refractivity contribution >= 4 is 5.91 Å². The summed E-state index contributed by atoms with van der Waals surface area (Å²) in [6.07, 6.45) is 1.05. The van der Waals surface area contributed by atoms with Gasteiger partial charge < -0.3 is 5.32 Å². The van der Waals surface area contributed by atoms with E-state index >= 15 is 0 Å². The molecule has 3 heteroatoms. The average molecular weight is 260 g/mol. The van der Waals surface area contributed by atoms with Gasteiger partial charge in [0.1, 0.15) is 0 Å². The molecule has 0 bridgehead atoms. The highest BCUT2D eigenvalue weighted by molar-refractivity contribution is 5.81. The van der Waals surface area contributed by atoms with E-state index in [0.29, 0.717) is 6.04 Å². The number of likely N-dealkylation sites (tertiary alicyclic amines) is 1. The Morgan fingerprint density at radius 2 is 2.00 bits per heavy atom. The van der Waals surface area contributed by atoms with E-state index < -0.39 is 0 Å². The first-order chi connectivity index (χ1) is 8.95. The Hall–Kier alpha value is -1.35. The van der Waals surface area contributed by atoms with Crippen molar-refractivity contribution in [2.45, 2.75) is 39.8 Å². The fourth-order valence-corrected chi connectivity index (χ4v) is 2.34. The third kappa shape index (κ3) is 4.06. The van der Waals surface area contributed by atoms with Gasteiger partial charge in [-0.15, -0.1) is 0 Å². The predicted molar refractivity (Wildman–Crippen MR) is 77.7 cm³/mol. The first-order valence-electron chi connectivity index (χ1n) is 7.02. The number of carbonyl (C=O) groups is 1. The zero-order valence-electron chi connectivity index (χ0n) is 12.1. The Bertz CT molecular complexity index is 422. The third-order valence-corrected chi connectivity index (χ3v) is 3.54. The van der Waals surface area contributed by atoms with Crippen LogP contribution in [0.1, 0.15) is 32.8 Å². The lowest BCUT2D eigenvalue weighted by atomic mass is 9.95. The van der Waals surface area contributed by atoms with Crippen molar-refractivity contribution in [3.8, 4) is 0 Å². The second-order valence-electron chi connectivity index (χ2n) is 6.43. The summed E-state index contributed by atoms with van der Waals surface area (Å²) in [4.78, 5) is 14.4. The highest BCUT2D eigenvalue weighted by atomic mass is 16.2. The number of hydrogen-bond acceptors (Lipinski definition) is 2. The minimum Gasteiger partial charge on any atom is -0.352 e. The summed E-state index contributed by atoms with van der Waals surface area (Å²) in [5, 5.41) is 3.15. The Balaban J connectivity index is 1.82. The first-order valence-corrected chi connectivity index (χ1v) is 7.02. The number of amides is 1. The monoisotopic (exact) mass is 260 g/mol. The maximum atomic E-state index is 12.0. The highest BCUT2D eigenvalue weighted by Gasteiger charge is 2.28. The van der Waals surface area contributed by atoms with E-state index in [0.717, 1.165) is 26.1 Å². The molecule has 19 heavy (non-hydrogen) atoms. The molecular formula is C16H24N2O. The van der Waals surface area contributed by atoms with Gasteiger partial charge in [-0.3, -0.25) is 9.69 Å². The van der Waals surface area contributed by atoms with Crippen LogP contribution in [0.3, 0.4) is 0 Å². The second-order valence-corrected chi connectivity index (χ2v) is 6.43. The molecule has 1 aliphatic rings. The fraction of sp³-hybridized carbons (Fsp3) is 0.562. The number of nitrogens with one attached hydrogen (secondary N) is 1. The van der Waals surface area contributed by atoms with Gasteiger partial charge in [0.05, 0.1) is 0 Å². The Kier molecular flexibility index (Phi) is 4.25. The van der Waals surface area contributed by atoms with Gasteiger partial charge in [-0.25, -0.2) is 0 Å². The molecule has 1 fully saturated rings. The van der Waals surface area contributed by atoms with Crippen molar-refractivity contribution in [3.63, 3.8) is 0 Å². The van der Waals surface area contributed by atoms with Crippen molar-refractivity contribution < 1.29 is 4.79 Å². The van der Waals surface area contributed by atoms with Crippen LogP contribution in [0.25, 0.3) is 0 Å². The summed E-state index contributed by atoms with van der Waals surface area (Å²) >= 11 is 0. The molecule has 1 aromatic rings. The molecule has 2 rings (SSSR count). The van der Waals surface area contributed by atoms with Crippen LogP contribution < -0.4 is 5.32 Å². The number of carbonyl (C=O) groups excluding carboxylic acids is 1. The molecule has 104 valence electrons. The summed E-state index contributed by atoms with van der Waals surface area (Å²) in [6, 6.07) is 10.8. The number of rotatable bonds is 3. The van der Waals surface area contributed by atoms with Gasteiger partial charge in [0.25, 0.3) is 0 Å². The molecule has 1 N–H and O–H groups in total. The molecule has 1 atom stereocenters. The lowest BCUT2D eigenvalue weighted by molar-refractivity contribution is -0.129. The molecule has 0 radical (unpaired) electrons. The molecule has 0 aliphatic carbocycles. The van der Waals surface area contributed by atoms with E-state index in [-0.39, 0.29) is 11.3 Å². The largest absolute Gasteiger partial charge is 0.352 e. The van der Waals surface area contributed by atoms with E-state index in [9.17, 15) is 4.79 Å². The summed E-state index contributed by atoms with van der Waals surface area (Å²) in [6.45, 7) is 8.86. The Labute approximate surface area is 116 Å². The maximum Gasteiger partial charge on any atom is 0.225 e. The smallest absolute Gasteiger partial charge is 0.225 e. The maximum absolute atomic E-state index is 12.0. The SMILES string of the molecule is CC(C)(C)C(=O)N[C@H]1CCN(Cc2ccccc2)C1. The minimum atomic E-state index is -0.299. The summed E-state index contributed by atoms with van der Waals surface area (Å²) in [5.74, 6) is 0.152. The van der Waals surface area contributed by atoms with Gasteiger partial charge in [-0.2, -0.15) is 0 Å². The van der Waals surface area contributed by atoms with Gasteiger partial charge in [0.2, 0.25) is 5.91 Å². The topological polar surface area (TPSA) is 32.3 Å². The zero-order valence-corrected chi connectivity index (χ0v) is 12.1. The van der Waals surface area contributed by atoms with Crippen LogP contribution in [0.15, 0.2) is 30.3 Å². The van der Waals surface area contributed by atoms with Crippen LogP contribution in [-0.2, 0) is 11.3 Å². The Morgan fingerprint density at radius 1 is 1.32 bits per heavy atom. The zero-order chi connectivity index (χ0) is 13.9. The molecule has 1 heterocycles. The number of benzene rings is 1. The van der Waals surface area contributed by atoms with E-state index in [1.54, 1.807) is 0 Å². The van der Waals surface area contributed by atoms with Crippen LogP contribution in [-0.4, -0.2) is 29.9 Å². The molecule has 1 saturated heterocycles. The van der Waals surface area contributed by atoms with Crippen LogP contribution in [0, 0.1) is 5.41 Å². The number of nitrogens with zero attached hydrogens (tertiary/aromatic N) is 1. The van der Waals surface area contributed by atoms with E-state index in [4.69, 9.17) is 0 Å². The van der Waals surface area contributed by atoms with Gasteiger partial charge in [0.15, 0.2) is 0 Å². The molecule has 0 unspecified atom stereocenters. The van der Waals surface area contributed by atoms with Crippen LogP contribution in [0.2, 0.25) is 0 Å². The summed E-state index contributed by atoms with van der Waals surface area (Å²) < 4.78 is 0. The standard InChI is InChI=1S/C16H24N2O/c1-16(2,3)15(19)17-14-9-10-18(12-14)11-13-7-5-4-6-8-13/h4-8,14H,9-12H2,1-3H3,(H,17,19)/t14-/m0/s1. The van der Waals surface area contributed by atoms with Crippen molar-refractivity contribution in [1.29, 1.82) is 0 Å². The third-order valence-electron chi connectivity index (χ3n) is 3.54. The van der Waals surface area contributed by atoms with Gasteiger partial charge >= 0.3 is 0 Å². The molecule has 1 aromatic carbocycles. The van der Waals surface area contributed by atoms with Crippen molar-refractivity contribution in [3.05, 3.63) is 35.9 Å². The fourth-order valence-electron chi connectivity index (χ4n) is 2.34. The van der Waals surface area contributed by atoms with Gasteiger partial charge in [-0.1, -0.05) is 51.1 Å². The van der Waals surface area contributed by atoms with E-state index in [1.807, 2.05) is 26.8 Å². The predicted octanol–water partition coefficient (Wildman–Crippen LogP) is 2.42. The van der Waals surface area contributed by atoms with Crippen LogP contribution in [0.4, 0.5) is 0 Å². The molecule has 1 aliphatic heterocycles. The first kappa shape index (κ1) is 14.1. The van der Waals surface area contributed by atoms with Crippen molar-refractivity contribution in [2.75, 3.05) is 13.1 Å². The summed E-state index contributed by atoms with van der Waals surface area (Å²) in [5.41, 5.74) is 1.04. The molecule has 1 amide bonds. The lowest BCUT2D eigenvalue weighted by Gasteiger charge is -2.22. The van der Waals surface area contributed by atoms with Crippen molar-refractivity contribution in [1.82, 2.24) is 10.2 Å². The molecule has 0 spiro atoms. The van der Waals surface area contributed by atoms with E-state index in [2.05, 4.69) is 34.5 Å². The van der Waals surface area contributed by atoms with Crippen molar-refractivity contribution in [2.24, 2.45) is 5.41 Å². The Morgan fingerprint density at radius 3 is 2.63 bits per heavy atom. The van der Waals surface area contributed by atoms with Gasteiger partial charge in [-0.05, 0) is 12.0 Å². The molecular weight excluding hydrogens is 236 g/mol. The molecule has 0 aromatic heterocycles. The van der Waals surface area contributed by atoms with Crippen LogP contribution >= 0.6 is 0 Å². The van der Waals surface area contributed by atoms with Gasteiger partial charge in [0, 0.05) is 31.1 Å². The van der Waals surface area contributed by atoms with E-state index in [1.165, 1.54) is 5.56 Å². The normalized spacial score (nSPS) is 20.5. The molecule has 0 saturated carbocycles. The second kappa shape index (κ2) is 5.74. The molecule has 3 nitrogen and oxygen atoms in total. The quantitative estimate of drug-likeness (QED) is 0.905. The highest BCUT2D eigenvalue weighted by Crippen LogP contribution is 2.17. The lowest BCUT2D eigenvalue weighted by Crippen LogP contribution is -2.42. The van der Waals surface area contributed by atoms with Crippen LogP contribution in [0.5, 0.6) is 0 Å². The summed E-state index contributed by atoms with van der Waals surface area (Å²) in [7, 11) is 0. The number of hydrogen-bond donors (Lipinski definition) is 1. The minimum absolute atomic E-state index is 0.152. The average Bonchev–Trinajstić information content (AvgIpc) is 2.76.